The number of hydrogen-bond acceptors (Lipinski definition) is 6. The summed E-state index contributed by atoms with van der Waals surface area (Å²) in [6, 6.07) is 9.52. The minimum Gasteiger partial charge on any atom is -0.466 e. The second-order valence-corrected chi connectivity index (χ2v) is 8.68. The third kappa shape index (κ3) is 9.70. The summed E-state index contributed by atoms with van der Waals surface area (Å²) in [7, 11) is 0. The molecule has 0 spiro atoms. The van der Waals surface area contributed by atoms with Gasteiger partial charge < -0.3 is 25.2 Å². The Labute approximate surface area is 191 Å². The fraction of sp³-hybridized carbons (Fsp3) is 0.654. The van der Waals surface area contributed by atoms with Crippen molar-refractivity contribution in [2.45, 2.75) is 82.5 Å². The van der Waals surface area contributed by atoms with Crippen LogP contribution in [-0.4, -0.2) is 57.9 Å². The lowest BCUT2D eigenvalue weighted by Gasteiger charge is -2.24. The van der Waals surface area contributed by atoms with Crippen LogP contribution in [0, 0.1) is 23.7 Å². The average Bonchev–Trinajstić information content (AvgIpc) is 3.06. The number of rotatable bonds is 13. The largest absolute Gasteiger partial charge is 0.466 e. The first-order valence-corrected chi connectivity index (χ1v) is 11.9. The second kappa shape index (κ2) is 15.0. The Hall–Kier alpha value is -1.91. The molecule has 1 aliphatic carbocycles. The average molecular weight is 447 g/mol. The molecule has 0 aromatic heterocycles. The minimum absolute atomic E-state index is 0.0238. The molecule has 0 bridgehead atoms. The molecule has 0 amide bonds. The quantitative estimate of drug-likeness (QED) is 0.211. The zero-order valence-corrected chi connectivity index (χ0v) is 18.9. The maximum atomic E-state index is 11.5. The highest BCUT2D eigenvalue weighted by Crippen LogP contribution is 2.39. The molecule has 178 valence electrons. The lowest BCUT2D eigenvalue weighted by Crippen LogP contribution is -2.23. The van der Waals surface area contributed by atoms with Crippen LogP contribution in [0.15, 0.2) is 30.3 Å². The summed E-state index contributed by atoms with van der Waals surface area (Å²) < 4.78 is 5.01. The highest BCUT2D eigenvalue weighted by molar-refractivity contribution is 5.69. The summed E-state index contributed by atoms with van der Waals surface area (Å²) in [5, 5.41) is 39.7. The van der Waals surface area contributed by atoms with Crippen molar-refractivity contribution in [3.63, 3.8) is 0 Å². The summed E-state index contributed by atoms with van der Waals surface area (Å²) in [6.45, 7) is 0.293. The normalized spacial score (nSPS) is 23.4. The molecule has 0 unspecified atom stereocenters. The van der Waals surface area contributed by atoms with E-state index in [2.05, 4.69) is 11.8 Å². The predicted octanol–water partition coefficient (Wildman–Crippen LogP) is 2.80. The Morgan fingerprint density at radius 2 is 1.69 bits per heavy atom. The number of carbonyl (C=O) groups excluding carboxylic acids is 1. The zero-order chi connectivity index (χ0) is 23.2. The number of hydrogen-bond donors (Lipinski definition) is 4. The van der Waals surface area contributed by atoms with Crippen LogP contribution in [0.25, 0.3) is 0 Å². The fourth-order valence-corrected chi connectivity index (χ4v) is 4.42. The van der Waals surface area contributed by atoms with Gasteiger partial charge in [0.15, 0.2) is 0 Å². The van der Waals surface area contributed by atoms with E-state index in [0.29, 0.717) is 32.1 Å². The number of aliphatic hydroxyl groups is 4. The molecule has 1 fully saturated rings. The van der Waals surface area contributed by atoms with E-state index < -0.39 is 18.3 Å². The molecule has 1 saturated carbocycles. The molecule has 5 atom stereocenters. The van der Waals surface area contributed by atoms with E-state index in [0.717, 1.165) is 37.7 Å². The monoisotopic (exact) mass is 446 g/mol. The Kier molecular flexibility index (Phi) is 12.4. The van der Waals surface area contributed by atoms with E-state index in [1.807, 2.05) is 30.3 Å². The SMILES string of the molecule is O=C(CCCCCC[C@@H]1[C@@H](CC[C@@H](O)C#Cc2ccccc2)[C@H](O)C[C@@H]1O)OCCCO. The molecule has 1 aromatic carbocycles. The summed E-state index contributed by atoms with van der Waals surface area (Å²) in [5.41, 5.74) is 0.860. The molecule has 32 heavy (non-hydrogen) atoms. The molecule has 0 aliphatic heterocycles. The van der Waals surface area contributed by atoms with Gasteiger partial charge in [-0.3, -0.25) is 4.79 Å². The van der Waals surface area contributed by atoms with E-state index in [1.54, 1.807) is 0 Å². The molecule has 1 aliphatic rings. The molecule has 0 saturated heterocycles. The molecule has 6 heteroatoms. The molecule has 0 radical (unpaired) electrons. The highest BCUT2D eigenvalue weighted by atomic mass is 16.5. The van der Waals surface area contributed by atoms with Gasteiger partial charge in [0.25, 0.3) is 0 Å². The lowest BCUT2D eigenvalue weighted by atomic mass is 9.85. The van der Waals surface area contributed by atoms with Gasteiger partial charge in [-0.25, -0.2) is 0 Å². The topological polar surface area (TPSA) is 107 Å². The van der Waals surface area contributed by atoms with Gasteiger partial charge >= 0.3 is 5.97 Å². The number of ether oxygens (including phenoxy) is 1. The van der Waals surface area contributed by atoms with Gasteiger partial charge in [-0.15, -0.1) is 0 Å². The van der Waals surface area contributed by atoms with Gasteiger partial charge in [0.2, 0.25) is 0 Å². The summed E-state index contributed by atoms with van der Waals surface area (Å²) in [4.78, 5) is 11.5. The highest BCUT2D eigenvalue weighted by Gasteiger charge is 2.40. The van der Waals surface area contributed by atoms with Crippen molar-refractivity contribution >= 4 is 5.97 Å². The predicted molar refractivity (Wildman–Crippen MR) is 123 cm³/mol. The lowest BCUT2D eigenvalue weighted by molar-refractivity contribution is -0.144. The standard InChI is InChI=1S/C26H38O6/c27-17-8-18-32-26(31)12-7-2-1-6-11-22-23(25(30)19-24(22)29)16-15-21(28)14-13-20-9-4-3-5-10-20/h3-5,9-10,21-25,27-30H,1-2,6-8,11-12,15-19H2/t21-,22+,23+,24-,25+/m0/s1. The van der Waals surface area contributed by atoms with E-state index in [4.69, 9.17) is 9.84 Å². The van der Waals surface area contributed by atoms with Crippen molar-refractivity contribution in [2.75, 3.05) is 13.2 Å². The number of unbranched alkanes of at least 4 members (excludes halogenated alkanes) is 3. The van der Waals surface area contributed by atoms with E-state index in [-0.39, 0.29) is 31.0 Å². The Morgan fingerprint density at radius 1 is 1.00 bits per heavy atom. The van der Waals surface area contributed by atoms with Crippen LogP contribution in [-0.2, 0) is 9.53 Å². The van der Waals surface area contributed by atoms with Crippen molar-refractivity contribution in [3.8, 4) is 11.8 Å². The van der Waals surface area contributed by atoms with Crippen LogP contribution in [0.1, 0.15) is 69.8 Å². The van der Waals surface area contributed by atoms with Crippen LogP contribution in [0.3, 0.4) is 0 Å². The van der Waals surface area contributed by atoms with E-state index in [1.165, 1.54) is 0 Å². The number of carbonyl (C=O) groups is 1. The van der Waals surface area contributed by atoms with Gasteiger partial charge in [0.1, 0.15) is 6.10 Å². The summed E-state index contributed by atoms with van der Waals surface area (Å²) >= 11 is 0. The maximum absolute atomic E-state index is 11.5. The first-order valence-electron chi connectivity index (χ1n) is 11.9. The summed E-state index contributed by atoms with van der Waals surface area (Å²) in [5.74, 6) is 5.62. The molecule has 0 heterocycles. The minimum atomic E-state index is -0.752. The van der Waals surface area contributed by atoms with Gasteiger partial charge in [0.05, 0.1) is 18.8 Å². The van der Waals surface area contributed by atoms with Gasteiger partial charge in [-0.1, -0.05) is 49.3 Å². The zero-order valence-electron chi connectivity index (χ0n) is 18.9. The van der Waals surface area contributed by atoms with Gasteiger partial charge in [-0.2, -0.15) is 0 Å². The van der Waals surface area contributed by atoms with Gasteiger partial charge in [0, 0.05) is 25.0 Å². The van der Waals surface area contributed by atoms with E-state index in [9.17, 15) is 20.1 Å². The third-order valence-electron chi connectivity index (χ3n) is 6.19. The Bertz CT molecular complexity index is 710. The van der Waals surface area contributed by atoms with Crippen LogP contribution < -0.4 is 0 Å². The van der Waals surface area contributed by atoms with Crippen LogP contribution in [0.5, 0.6) is 0 Å². The molecule has 6 nitrogen and oxygen atoms in total. The van der Waals surface area contributed by atoms with Crippen molar-refractivity contribution in [1.82, 2.24) is 0 Å². The Morgan fingerprint density at radius 3 is 2.41 bits per heavy atom. The molecule has 1 aromatic rings. The molecular weight excluding hydrogens is 408 g/mol. The number of esters is 1. The Balaban J connectivity index is 1.67. The van der Waals surface area contributed by atoms with Crippen molar-refractivity contribution in [2.24, 2.45) is 11.8 Å². The molecule has 4 N–H and O–H groups in total. The fourth-order valence-electron chi connectivity index (χ4n) is 4.42. The van der Waals surface area contributed by atoms with Crippen LogP contribution >= 0.6 is 0 Å². The molecular formula is C26H38O6. The first-order chi connectivity index (χ1) is 15.5. The number of aliphatic hydroxyl groups excluding tert-OH is 4. The van der Waals surface area contributed by atoms with Gasteiger partial charge in [-0.05, 0) is 56.1 Å². The number of benzene rings is 1. The maximum Gasteiger partial charge on any atom is 0.305 e. The second-order valence-electron chi connectivity index (χ2n) is 8.68. The van der Waals surface area contributed by atoms with Crippen molar-refractivity contribution < 1.29 is 30.0 Å². The first kappa shape index (κ1) is 26.3. The summed E-state index contributed by atoms with van der Waals surface area (Å²) in [6.07, 6.45) is 4.96. The third-order valence-corrected chi connectivity index (χ3v) is 6.19. The van der Waals surface area contributed by atoms with Crippen molar-refractivity contribution in [3.05, 3.63) is 35.9 Å². The smallest absolute Gasteiger partial charge is 0.305 e. The van der Waals surface area contributed by atoms with Crippen molar-refractivity contribution in [1.29, 1.82) is 0 Å². The van der Waals surface area contributed by atoms with E-state index >= 15 is 0 Å². The molecule has 2 rings (SSSR count). The van der Waals surface area contributed by atoms with Crippen LogP contribution in [0.4, 0.5) is 0 Å². The van der Waals surface area contributed by atoms with Crippen LogP contribution in [0.2, 0.25) is 0 Å².